The average Bonchev–Trinajstić information content (AvgIpc) is 2.71. The van der Waals surface area contributed by atoms with Gasteiger partial charge in [-0.2, -0.15) is 0 Å². The SMILES string of the molecule is CC1CN(C(=NCC2CCS(=O)(=O)C2)NC(C)C)CC(C)(C)C1. The molecule has 5 nitrogen and oxygen atoms in total. The lowest BCUT2D eigenvalue weighted by atomic mass is 9.79. The molecule has 0 aromatic heterocycles. The first-order chi connectivity index (χ1) is 10.6. The molecule has 134 valence electrons. The van der Waals surface area contributed by atoms with Gasteiger partial charge < -0.3 is 10.2 Å². The molecule has 2 unspecified atom stereocenters. The third-order valence-electron chi connectivity index (χ3n) is 4.60. The Balaban J connectivity index is 2.08. The second kappa shape index (κ2) is 6.99. The summed E-state index contributed by atoms with van der Waals surface area (Å²) in [5.74, 6) is 2.40. The number of guanidine groups is 1. The normalized spacial score (nSPS) is 30.7. The first-order valence-corrected chi connectivity index (χ1v) is 10.6. The summed E-state index contributed by atoms with van der Waals surface area (Å²) >= 11 is 0. The summed E-state index contributed by atoms with van der Waals surface area (Å²) in [5, 5.41) is 3.48. The molecular weight excluding hydrogens is 310 g/mol. The van der Waals surface area contributed by atoms with E-state index in [-0.39, 0.29) is 11.3 Å². The molecule has 23 heavy (non-hydrogen) atoms. The van der Waals surface area contributed by atoms with Crippen LogP contribution in [0.3, 0.4) is 0 Å². The van der Waals surface area contributed by atoms with Crippen LogP contribution in [0.2, 0.25) is 0 Å². The molecule has 0 aromatic carbocycles. The van der Waals surface area contributed by atoms with Crippen molar-refractivity contribution in [2.45, 2.75) is 53.5 Å². The molecule has 0 spiro atoms. The Kier molecular flexibility index (Phi) is 5.64. The number of likely N-dealkylation sites (tertiary alicyclic amines) is 1. The standard InChI is InChI=1S/C17H33N3O2S/c1-13(2)19-16(18-9-15-6-7-23(21,22)11-15)20-10-14(3)8-17(4,5)12-20/h13-15H,6-12H2,1-5H3,(H,18,19). The number of rotatable bonds is 3. The third-order valence-corrected chi connectivity index (χ3v) is 6.43. The zero-order valence-corrected chi connectivity index (χ0v) is 16.1. The van der Waals surface area contributed by atoms with Gasteiger partial charge in [-0.1, -0.05) is 20.8 Å². The molecule has 0 bridgehead atoms. The van der Waals surface area contributed by atoms with E-state index in [4.69, 9.17) is 4.99 Å². The van der Waals surface area contributed by atoms with Crippen molar-refractivity contribution in [1.29, 1.82) is 0 Å². The van der Waals surface area contributed by atoms with Crippen LogP contribution in [0.5, 0.6) is 0 Å². The van der Waals surface area contributed by atoms with Gasteiger partial charge >= 0.3 is 0 Å². The number of nitrogens with one attached hydrogen (secondary N) is 1. The Morgan fingerprint density at radius 1 is 1.39 bits per heavy atom. The molecule has 2 rings (SSSR count). The molecule has 0 aliphatic carbocycles. The topological polar surface area (TPSA) is 61.8 Å². The van der Waals surface area contributed by atoms with Crippen molar-refractivity contribution in [3.8, 4) is 0 Å². The van der Waals surface area contributed by atoms with Crippen molar-refractivity contribution < 1.29 is 8.42 Å². The Morgan fingerprint density at radius 2 is 2.09 bits per heavy atom. The minimum Gasteiger partial charge on any atom is -0.354 e. The highest BCUT2D eigenvalue weighted by Gasteiger charge is 2.33. The first kappa shape index (κ1) is 18.6. The van der Waals surface area contributed by atoms with E-state index in [0.717, 1.165) is 25.5 Å². The van der Waals surface area contributed by atoms with Gasteiger partial charge in [-0.3, -0.25) is 4.99 Å². The molecule has 2 saturated heterocycles. The van der Waals surface area contributed by atoms with Crippen molar-refractivity contribution in [2.24, 2.45) is 22.2 Å². The monoisotopic (exact) mass is 343 g/mol. The van der Waals surface area contributed by atoms with Crippen LogP contribution in [0.1, 0.15) is 47.5 Å². The Hall–Kier alpha value is -0.780. The summed E-state index contributed by atoms with van der Waals surface area (Å²) in [5.41, 5.74) is 0.286. The Bertz CT molecular complexity index is 540. The third kappa shape index (κ3) is 5.66. The zero-order valence-electron chi connectivity index (χ0n) is 15.3. The van der Waals surface area contributed by atoms with Crippen molar-refractivity contribution in [3.63, 3.8) is 0 Å². The summed E-state index contributed by atoms with van der Waals surface area (Å²) in [7, 11) is -2.82. The van der Waals surface area contributed by atoms with Gasteiger partial charge in [-0.05, 0) is 43.9 Å². The van der Waals surface area contributed by atoms with Gasteiger partial charge in [0.2, 0.25) is 0 Å². The van der Waals surface area contributed by atoms with Gasteiger partial charge in [0.05, 0.1) is 11.5 Å². The zero-order chi connectivity index (χ0) is 17.3. The maximum Gasteiger partial charge on any atom is 0.194 e. The Labute approximate surface area is 141 Å². The summed E-state index contributed by atoms with van der Waals surface area (Å²) in [6, 6.07) is 0.321. The first-order valence-electron chi connectivity index (χ1n) is 8.83. The molecule has 6 heteroatoms. The second-order valence-corrected chi connectivity index (χ2v) is 10.8. The quantitative estimate of drug-likeness (QED) is 0.630. The van der Waals surface area contributed by atoms with Crippen LogP contribution in [0.25, 0.3) is 0 Å². The van der Waals surface area contributed by atoms with Crippen LogP contribution in [-0.4, -0.2) is 56.5 Å². The van der Waals surface area contributed by atoms with Crippen LogP contribution in [-0.2, 0) is 9.84 Å². The van der Waals surface area contributed by atoms with Crippen LogP contribution in [0, 0.1) is 17.3 Å². The number of hydrogen-bond donors (Lipinski definition) is 1. The molecule has 2 atom stereocenters. The van der Waals surface area contributed by atoms with E-state index in [0.29, 0.717) is 30.0 Å². The van der Waals surface area contributed by atoms with Crippen molar-refractivity contribution >= 4 is 15.8 Å². The van der Waals surface area contributed by atoms with Gasteiger partial charge in [-0.25, -0.2) is 8.42 Å². The van der Waals surface area contributed by atoms with E-state index in [9.17, 15) is 8.42 Å². The highest BCUT2D eigenvalue weighted by Crippen LogP contribution is 2.32. The fraction of sp³-hybridized carbons (Fsp3) is 0.941. The summed E-state index contributed by atoms with van der Waals surface area (Å²) in [6.07, 6.45) is 1.99. The average molecular weight is 344 g/mol. The van der Waals surface area contributed by atoms with Gasteiger partial charge in [0, 0.05) is 25.7 Å². The van der Waals surface area contributed by atoms with Crippen molar-refractivity contribution in [3.05, 3.63) is 0 Å². The van der Waals surface area contributed by atoms with E-state index < -0.39 is 9.84 Å². The summed E-state index contributed by atoms with van der Waals surface area (Å²) < 4.78 is 23.2. The minimum atomic E-state index is -2.82. The van der Waals surface area contributed by atoms with E-state index in [1.54, 1.807) is 0 Å². The van der Waals surface area contributed by atoms with Gasteiger partial charge in [-0.15, -0.1) is 0 Å². The van der Waals surface area contributed by atoms with E-state index in [1.807, 2.05) is 0 Å². The fourth-order valence-corrected chi connectivity index (χ4v) is 5.77. The lowest BCUT2D eigenvalue weighted by Gasteiger charge is -2.43. The predicted octanol–water partition coefficient (Wildman–Crippen LogP) is 2.14. The number of sulfone groups is 1. The maximum absolute atomic E-state index is 11.6. The molecule has 0 amide bonds. The maximum atomic E-state index is 11.6. The molecule has 0 saturated carbocycles. The van der Waals surface area contributed by atoms with Gasteiger partial charge in [0.15, 0.2) is 15.8 Å². The summed E-state index contributed by atoms with van der Waals surface area (Å²) in [6.45, 7) is 13.8. The molecule has 2 heterocycles. The van der Waals surface area contributed by atoms with Crippen LogP contribution >= 0.6 is 0 Å². The van der Waals surface area contributed by atoms with Crippen LogP contribution in [0.15, 0.2) is 4.99 Å². The fourth-order valence-electron chi connectivity index (χ4n) is 3.92. The van der Waals surface area contributed by atoms with Crippen molar-refractivity contribution in [1.82, 2.24) is 10.2 Å². The number of nitrogens with zero attached hydrogens (tertiary/aromatic N) is 2. The Morgan fingerprint density at radius 3 is 2.61 bits per heavy atom. The van der Waals surface area contributed by atoms with E-state index >= 15 is 0 Å². The van der Waals surface area contributed by atoms with Gasteiger partial charge in [0.1, 0.15) is 0 Å². The van der Waals surface area contributed by atoms with Crippen LogP contribution < -0.4 is 5.32 Å². The summed E-state index contributed by atoms with van der Waals surface area (Å²) in [4.78, 5) is 7.16. The largest absolute Gasteiger partial charge is 0.354 e. The molecule has 1 N–H and O–H groups in total. The number of hydrogen-bond acceptors (Lipinski definition) is 3. The van der Waals surface area contributed by atoms with Crippen molar-refractivity contribution in [2.75, 3.05) is 31.1 Å². The highest BCUT2D eigenvalue weighted by atomic mass is 32.2. The molecule has 0 radical (unpaired) electrons. The lowest BCUT2D eigenvalue weighted by Crippen LogP contribution is -2.52. The lowest BCUT2D eigenvalue weighted by molar-refractivity contribution is 0.129. The van der Waals surface area contributed by atoms with E-state index in [1.165, 1.54) is 6.42 Å². The predicted molar refractivity (Wildman–Crippen MR) is 96.5 cm³/mol. The molecular formula is C17H33N3O2S. The number of piperidine rings is 1. The molecule has 0 aromatic rings. The van der Waals surface area contributed by atoms with Crippen LogP contribution in [0.4, 0.5) is 0 Å². The highest BCUT2D eigenvalue weighted by molar-refractivity contribution is 7.91. The minimum absolute atomic E-state index is 0.180. The second-order valence-electron chi connectivity index (χ2n) is 8.59. The molecule has 2 aliphatic heterocycles. The van der Waals surface area contributed by atoms with Gasteiger partial charge in [0.25, 0.3) is 0 Å². The molecule has 2 fully saturated rings. The smallest absolute Gasteiger partial charge is 0.194 e. The van der Waals surface area contributed by atoms with E-state index in [2.05, 4.69) is 44.8 Å². The molecule has 2 aliphatic rings. The number of aliphatic imine (C=N–C) groups is 1.